The van der Waals surface area contributed by atoms with E-state index >= 15 is 0 Å². The first-order valence-corrected chi connectivity index (χ1v) is 10.2. The minimum Gasteiger partial charge on any atom is -0.465 e. The summed E-state index contributed by atoms with van der Waals surface area (Å²) in [5.74, 6) is -0.956. The highest BCUT2D eigenvalue weighted by molar-refractivity contribution is 7.80. The van der Waals surface area contributed by atoms with Crippen LogP contribution in [0.25, 0.3) is 0 Å². The fourth-order valence-corrected chi connectivity index (χ4v) is 5.45. The molecule has 0 saturated heterocycles. The first-order valence-electron chi connectivity index (χ1n) is 8.62. The van der Waals surface area contributed by atoms with Gasteiger partial charge in [-0.3, -0.25) is 9.79 Å². The number of benzene rings is 1. The number of halogens is 2. The van der Waals surface area contributed by atoms with Gasteiger partial charge in [0.1, 0.15) is 15.8 Å². The normalized spacial score (nSPS) is 18.3. The molecule has 4 rings (SSSR count). The highest BCUT2D eigenvalue weighted by Crippen LogP contribution is 2.47. The second-order valence-corrected chi connectivity index (χ2v) is 8.25. The Morgan fingerprint density at radius 3 is 3.04 bits per heavy atom. The summed E-state index contributed by atoms with van der Waals surface area (Å²) in [6.07, 6.45) is 1.38. The smallest absolute Gasteiger partial charge is 0.314 e. The van der Waals surface area contributed by atoms with Crippen LogP contribution in [0, 0.1) is 5.82 Å². The molecule has 140 valence electrons. The molecular formula is C19H16ClFN2O2S2. The third kappa shape index (κ3) is 3.17. The number of hydrogen-bond donors (Lipinski definition) is 1. The summed E-state index contributed by atoms with van der Waals surface area (Å²) in [7, 11) is 0. The van der Waals surface area contributed by atoms with Crippen molar-refractivity contribution in [1.29, 1.82) is 0 Å². The van der Waals surface area contributed by atoms with Gasteiger partial charge in [0.25, 0.3) is 0 Å². The Balaban J connectivity index is 1.88. The quantitative estimate of drug-likeness (QED) is 0.574. The van der Waals surface area contributed by atoms with E-state index < -0.39 is 5.82 Å². The Labute approximate surface area is 170 Å². The van der Waals surface area contributed by atoms with Crippen LogP contribution in [0.3, 0.4) is 0 Å². The minimum atomic E-state index is -0.431. The zero-order valence-corrected chi connectivity index (χ0v) is 16.9. The molecule has 1 N–H and O–H groups in total. The Bertz CT molecular complexity index is 966. The predicted octanol–water partition coefficient (Wildman–Crippen LogP) is 4.72. The van der Waals surface area contributed by atoms with Crippen LogP contribution in [-0.2, 0) is 16.0 Å². The zero-order valence-electron chi connectivity index (χ0n) is 14.5. The van der Waals surface area contributed by atoms with Gasteiger partial charge in [-0.05, 0) is 37.5 Å². The van der Waals surface area contributed by atoms with E-state index in [4.69, 9.17) is 28.6 Å². The molecule has 0 saturated carbocycles. The van der Waals surface area contributed by atoms with Crippen LogP contribution >= 0.6 is 35.2 Å². The Morgan fingerprint density at radius 2 is 2.30 bits per heavy atom. The van der Waals surface area contributed by atoms with Crippen LogP contribution in [0.2, 0.25) is 5.02 Å². The molecule has 0 amide bonds. The van der Waals surface area contributed by atoms with Crippen molar-refractivity contribution in [3.8, 4) is 0 Å². The fourth-order valence-electron chi connectivity index (χ4n) is 3.56. The number of nitrogens with zero attached hydrogens (tertiary/aromatic N) is 1. The van der Waals surface area contributed by atoms with Crippen LogP contribution in [-0.4, -0.2) is 29.8 Å². The number of carbonyl (C=O) groups excluding carboxylic acids is 1. The Hall–Kier alpha value is -1.83. The van der Waals surface area contributed by atoms with Crippen LogP contribution < -0.4 is 5.32 Å². The lowest BCUT2D eigenvalue weighted by Gasteiger charge is -2.11. The summed E-state index contributed by atoms with van der Waals surface area (Å²) in [4.78, 5) is 18.4. The van der Waals surface area contributed by atoms with E-state index in [1.165, 1.54) is 17.4 Å². The fraction of sp³-hybridized carbons (Fsp3) is 0.316. The van der Waals surface area contributed by atoms with E-state index in [0.717, 1.165) is 21.0 Å². The number of nitrogens with one attached hydrogen (secondary N) is 1. The molecule has 2 aliphatic rings. The molecular weight excluding hydrogens is 407 g/mol. The van der Waals surface area contributed by atoms with Crippen molar-refractivity contribution in [3.63, 3.8) is 0 Å². The number of thiophene rings is 1. The van der Waals surface area contributed by atoms with Crippen molar-refractivity contribution in [2.45, 2.75) is 25.7 Å². The van der Waals surface area contributed by atoms with Crippen LogP contribution in [0.5, 0.6) is 0 Å². The van der Waals surface area contributed by atoms with Gasteiger partial charge in [0.05, 0.1) is 35.4 Å². The maximum atomic E-state index is 14.6. The van der Waals surface area contributed by atoms with Crippen molar-refractivity contribution in [3.05, 3.63) is 50.6 Å². The van der Waals surface area contributed by atoms with Crippen LogP contribution in [0.4, 0.5) is 9.39 Å². The molecule has 27 heavy (non-hydrogen) atoms. The van der Waals surface area contributed by atoms with Gasteiger partial charge in [-0.1, -0.05) is 29.9 Å². The average molecular weight is 423 g/mol. The number of carbonyl (C=O) groups is 1. The lowest BCUT2D eigenvalue weighted by atomic mass is 9.98. The minimum absolute atomic E-state index is 0.224. The molecule has 2 heterocycles. The summed E-state index contributed by atoms with van der Waals surface area (Å²) in [6, 6.07) is 4.58. The van der Waals surface area contributed by atoms with Crippen LogP contribution in [0.1, 0.15) is 40.8 Å². The van der Waals surface area contributed by atoms with E-state index in [9.17, 15) is 9.18 Å². The predicted molar refractivity (Wildman–Crippen MR) is 110 cm³/mol. The molecule has 8 heteroatoms. The van der Waals surface area contributed by atoms with Gasteiger partial charge < -0.3 is 10.1 Å². The van der Waals surface area contributed by atoms with E-state index in [1.807, 2.05) is 0 Å². The van der Waals surface area contributed by atoms with Gasteiger partial charge in [-0.2, -0.15) is 0 Å². The lowest BCUT2D eigenvalue weighted by Crippen LogP contribution is -2.13. The largest absolute Gasteiger partial charge is 0.465 e. The Kier molecular flexibility index (Phi) is 5.01. The molecule has 0 spiro atoms. The van der Waals surface area contributed by atoms with Crippen molar-refractivity contribution in [2.75, 3.05) is 18.5 Å². The van der Waals surface area contributed by atoms with Gasteiger partial charge in [0.15, 0.2) is 0 Å². The molecule has 1 atom stereocenters. The third-order valence-corrected chi connectivity index (χ3v) is 6.49. The number of fused-ring (bicyclic) bond motifs is 3. The molecule has 1 aliphatic carbocycles. The lowest BCUT2D eigenvalue weighted by molar-refractivity contribution is -0.144. The second-order valence-electron chi connectivity index (χ2n) is 6.30. The van der Waals surface area contributed by atoms with Gasteiger partial charge in [-0.15, -0.1) is 11.3 Å². The topological polar surface area (TPSA) is 50.7 Å². The molecule has 1 aromatic heterocycles. The first-order chi connectivity index (χ1) is 13.0. The maximum absolute atomic E-state index is 14.6. The van der Waals surface area contributed by atoms with Crippen molar-refractivity contribution in [2.24, 2.45) is 4.99 Å². The second kappa shape index (κ2) is 7.30. The summed E-state index contributed by atoms with van der Waals surface area (Å²) in [6.45, 7) is 2.39. The number of ether oxygens (including phenoxy) is 1. The first kappa shape index (κ1) is 18.5. The van der Waals surface area contributed by atoms with Gasteiger partial charge in [0, 0.05) is 10.4 Å². The highest BCUT2D eigenvalue weighted by Gasteiger charge is 2.37. The summed E-state index contributed by atoms with van der Waals surface area (Å²) < 4.78 is 19.9. The van der Waals surface area contributed by atoms with Crippen molar-refractivity contribution >= 4 is 56.8 Å². The summed E-state index contributed by atoms with van der Waals surface area (Å²) in [5.41, 5.74) is 2.56. The summed E-state index contributed by atoms with van der Waals surface area (Å²) >= 11 is 13.1. The molecule has 2 aromatic rings. The number of esters is 1. The molecule has 0 fully saturated rings. The van der Waals surface area contributed by atoms with E-state index in [2.05, 4.69) is 10.3 Å². The number of anilines is 1. The van der Waals surface area contributed by atoms with Gasteiger partial charge >= 0.3 is 5.97 Å². The van der Waals surface area contributed by atoms with Gasteiger partial charge in [0.2, 0.25) is 0 Å². The third-order valence-electron chi connectivity index (χ3n) is 4.68. The Morgan fingerprint density at radius 1 is 1.48 bits per heavy atom. The van der Waals surface area contributed by atoms with Crippen molar-refractivity contribution in [1.82, 2.24) is 0 Å². The molecule has 0 bridgehead atoms. The highest BCUT2D eigenvalue weighted by atomic mass is 35.5. The molecule has 1 unspecified atom stereocenters. The molecule has 1 aromatic carbocycles. The number of thiocarbonyl (C=S) groups is 1. The van der Waals surface area contributed by atoms with E-state index in [-0.39, 0.29) is 24.0 Å². The SMILES string of the molecule is CCOC(=O)C1CCc2c1sc1c2C(c2c(F)cccc2Cl)=NCC(=S)N1. The molecule has 1 aliphatic heterocycles. The van der Waals surface area contributed by atoms with Crippen molar-refractivity contribution < 1.29 is 13.9 Å². The van der Waals surface area contributed by atoms with E-state index in [0.29, 0.717) is 35.2 Å². The van der Waals surface area contributed by atoms with E-state index in [1.54, 1.807) is 19.1 Å². The molecule has 0 radical (unpaired) electrons. The number of aliphatic imine (C=N–C) groups is 1. The van der Waals surface area contributed by atoms with Crippen LogP contribution in [0.15, 0.2) is 23.2 Å². The number of rotatable bonds is 3. The zero-order chi connectivity index (χ0) is 19.1. The average Bonchev–Trinajstić information content (AvgIpc) is 3.12. The molecule has 4 nitrogen and oxygen atoms in total. The monoisotopic (exact) mass is 422 g/mol. The number of hydrogen-bond acceptors (Lipinski definition) is 5. The van der Waals surface area contributed by atoms with Gasteiger partial charge in [-0.25, -0.2) is 4.39 Å². The summed E-state index contributed by atoms with van der Waals surface area (Å²) in [5, 5.41) is 4.28. The maximum Gasteiger partial charge on any atom is 0.314 e. The standard InChI is InChI=1S/C19H16ClFN2O2S2/c1-2-25-19(24)10-7-6-9-14-16(15-11(20)4-3-5-12(15)21)22-8-13(26)23-18(14)27-17(9)10/h3-5,10H,2,6-8H2,1H3,(H,23,26).